The van der Waals surface area contributed by atoms with Gasteiger partial charge in [-0.15, -0.1) is 0 Å². The molecule has 0 unspecified atom stereocenters. The second-order valence-corrected chi connectivity index (χ2v) is 5.28. The van der Waals surface area contributed by atoms with Gasteiger partial charge in [0.25, 0.3) is 11.3 Å². The van der Waals surface area contributed by atoms with Crippen LogP contribution in [0.5, 0.6) is 0 Å². The number of rotatable bonds is 4. The van der Waals surface area contributed by atoms with Crippen molar-refractivity contribution < 1.29 is 14.3 Å². The number of aryl methyl sites for hydroxylation is 1. The van der Waals surface area contributed by atoms with Crippen molar-refractivity contribution in [2.45, 2.75) is 13.8 Å². The molecule has 2 aromatic heterocycles. The number of amides is 2. The summed E-state index contributed by atoms with van der Waals surface area (Å²) < 4.78 is 6.01. The second-order valence-electron chi connectivity index (χ2n) is 5.28. The van der Waals surface area contributed by atoms with E-state index in [-0.39, 0.29) is 18.1 Å². The van der Waals surface area contributed by atoms with E-state index in [1.165, 1.54) is 18.5 Å². The van der Waals surface area contributed by atoms with E-state index in [4.69, 9.17) is 4.74 Å². The first kappa shape index (κ1) is 17.1. The topological polar surface area (TPSA) is 130 Å². The lowest BCUT2D eigenvalue weighted by molar-refractivity contribution is 0.0526. The molecule has 0 radical (unpaired) electrons. The number of urea groups is 1. The zero-order chi connectivity index (χ0) is 18.7. The Morgan fingerprint density at radius 1 is 1.23 bits per heavy atom. The number of hydrogen-bond acceptors (Lipinski definition) is 6. The van der Waals surface area contributed by atoms with Gasteiger partial charge in [0.2, 0.25) is 0 Å². The summed E-state index contributed by atoms with van der Waals surface area (Å²) >= 11 is 0. The monoisotopic (exact) mass is 356 g/mol. The van der Waals surface area contributed by atoms with E-state index in [1.54, 1.807) is 26.0 Å². The zero-order valence-corrected chi connectivity index (χ0v) is 14.1. The van der Waals surface area contributed by atoms with Gasteiger partial charge in [-0.1, -0.05) is 0 Å². The van der Waals surface area contributed by atoms with Crippen LogP contribution in [0.2, 0.25) is 0 Å². The molecule has 134 valence electrons. The van der Waals surface area contributed by atoms with Crippen LogP contribution in [-0.4, -0.2) is 38.2 Å². The standard InChI is InChI=1S/C16H16N6O4/c1-3-26-14(24)10-4-6-11(7-5-10)20-16(25)21-12-9(2)19-15-17-8-18-22(15)13(12)23/h4-8H,3H2,1-2H3,(H,17,18,19)(H2,20,21,25). The number of benzene rings is 1. The van der Waals surface area contributed by atoms with E-state index in [0.29, 0.717) is 16.9 Å². The minimum Gasteiger partial charge on any atom is -0.462 e. The highest BCUT2D eigenvalue weighted by Crippen LogP contribution is 2.12. The van der Waals surface area contributed by atoms with E-state index in [0.717, 1.165) is 4.52 Å². The molecule has 0 saturated heterocycles. The van der Waals surface area contributed by atoms with Crippen LogP contribution in [0, 0.1) is 6.92 Å². The molecule has 10 heteroatoms. The average molecular weight is 356 g/mol. The molecule has 0 atom stereocenters. The summed E-state index contributed by atoms with van der Waals surface area (Å²) in [5.74, 6) is -0.223. The first-order chi connectivity index (χ1) is 12.5. The van der Waals surface area contributed by atoms with E-state index >= 15 is 0 Å². The number of H-pyrrole nitrogens is 1. The van der Waals surface area contributed by atoms with Crippen LogP contribution in [-0.2, 0) is 4.74 Å². The number of nitrogens with one attached hydrogen (secondary N) is 3. The Labute approximate surface area is 147 Å². The SMILES string of the molecule is CCOC(=O)c1ccc(NC(=O)Nc2c(C)nc3nc[nH]n3c2=O)cc1. The number of nitrogens with zero attached hydrogens (tertiary/aromatic N) is 3. The van der Waals surface area contributed by atoms with Gasteiger partial charge in [0, 0.05) is 5.69 Å². The van der Waals surface area contributed by atoms with Gasteiger partial charge in [-0.25, -0.2) is 19.6 Å². The predicted molar refractivity (Wildman–Crippen MR) is 93.4 cm³/mol. The van der Waals surface area contributed by atoms with Crippen molar-refractivity contribution in [1.29, 1.82) is 0 Å². The van der Waals surface area contributed by atoms with Gasteiger partial charge in [0.1, 0.15) is 12.0 Å². The van der Waals surface area contributed by atoms with Gasteiger partial charge in [-0.2, -0.15) is 4.52 Å². The number of esters is 1. The molecular weight excluding hydrogens is 340 g/mol. The minimum absolute atomic E-state index is 0.0346. The van der Waals surface area contributed by atoms with Crippen LogP contribution < -0.4 is 16.2 Å². The van der Waals surface area contributed by atoms with Gasteiger partial charge in [0.05, 0.1) is 17.9 Å². The molecule has 0 aliphatic carbocycles. The number of anilines is 2. The highest BCUT2D eigenvalue weighted by atomic mass is 16.5. The first-order valence-electron chi connectivity index (χ1n) is 7.77. The number of carbonyl (C=O) groups excluding carboxylic acids is 2. The average Bonchev–Trinajstić information content (AvgIpc) is 3.08. The summed E-state index contributed by atoms with van der Waals surface area (Å²) in [6.07, 6.45) is 1.33. The van der Waals surface area contributed by atoms with Crippen molar-refractivity contribution in [3.8, 4) is 0 Å². The van der Waals surface area contributed by atoms with Crippen LogP contribution in [0.1, 0.15) is 23.0 Å². The molecule has 0 saturated carbocycles. The molecule has 0 aliphatic rings. The Bertz CT molecular complexity index is 1020. The molecule has 26 heavy (non-hydrogen) atoms. The van der Waals surface area contributed by atoms with Gasteiger partial charge in [-0.05, 0) is 38.1 Å². The lowest BCUT2D eigenvalue weighted by Gasteiger charge is -2.09. The quantitative estimate of drug-likeness (QED) is 0.608. The second kappa shape index (κ2) is 7.05. The summed E-state index contributed by atoms with van der Waals surface area (Å²) in [4.78, 5) is 44.1. The minimum atomic E-state index is -0.615. The fourth-order valence-electron chi connectivity index (χ4n) is 2.28. The molecule has 0 spiro atoms. The number of carbonyl (C=O) groups is 2. The largest absolute Gasteiger partial charge is 0.462 e. The van der Waals surface area contributed by atoms with Crippen LogP contribution in [0.4, 0.5) is 16.2 Å². The Balaban J connectivity index is 1.73. The number of aromatic nitrogens is 4. The number of ether oxygens (including phenoxy) is 1. The molecule has 3 rings (SSSR count). The van der Waals surface area contributed by atoms with Crippen molar-refractivity contribution >= 4 is 29.2 Å². The van der Waals surface area contributed by atoms with E-state index in [9.17, 15) is 14.4 Å². The molecule has 3 aromatic rings. The number of aromatic amines is 1. The maximum Gasteiger partial charge on any atom is 0.338 e. The molecule has 0 bridgehead atoms. The van der Waals surface area contributed by atoms with Crippen LogP contribution >= 0.6 is 0 Å². The Morgan fingerprint density at radius 3 is 2.65 bits per heavy atom. The summed E-state index contributed by atoms with van der Waals surface area (Å²) in [6.45, 7) is 3.60. The van der Waals surface area contributed by atoms with Gasteiger partial charge in [0.15, 0.2) is 0 Å². The van der Waals surface area contributed by atoms with Gasteiger partial charge < -0.3 is 15.4 Å². The zero-order valence-electron chi connectivity index (χ0n) is 14.1. The lowest BCUT2D eigenvalue weighted by atomic mass is 10.2. The van der Waals surface area contributed by atoms with E-state index in [2.05, 4.69) is 25.7 Å². The fourth-order valence-corrected chi connectivity index (χ4v) is 2.28. The van der Waals surface area contributed by atoms with E-state index < -0.39 is 17.6 Å². The normalized spacial score (nSPS) is 10.5. The van der Waals surface area contributed by atoms with Crippen molar-refractivity contribution in [2.24, 2.45) is 0 Å². The van der Waals surface area contributed by atoms with Crippen LogP contribution in [0.25, 0.3) is 5.78 Å². The highest BCUT2D eigenvalue weighted by molar-refractivity contribution is 6.00. The summed E-state index contributed by atoms with van der Waals surface area (Å²) in [5, 5.41) is 7.68. The molecule has 0 aliphatic heterocycles. The van der Waals surface area contributed by atoms with Crippen molar-refractivity contribution in [2.75, 3.05) is 17.2 Å². The number of fused-ring (bicyclic) bond motifs is 1. The first-order valence-corrected chi connectivity index (χ1v) is 7.77. The summed E-state index contributed by atoms with van der Waals surface area (Å²) in [7, 11) is 0. The smallest absolute Gasteiger partial charge is 0.338 e. The molecule has 1 aromatic carbocycles. The lowest BCUT2D eigenvalue weighted by Crippen LogP contribution is -2.28. The molecule has 10 nitrogen and oxygen atoms in total. The maximum absolute atomic E-state index is 12.3. The van der Waals surface area contributed by atoms with Crippen molar-refractivity contribution in [3.05, 3.63) is 52.2 Å². The van der Waals surface area contributed by atoms with Gasteiger partial charge >= 0.3 is 12.0 Å². The molecule has 0 fully saturated rings. The Hall–Kier alpha value is -3.69. The van der Waals surface area contributed by atoms with Crippen LogP contribution in [0.15, 0.2) is 35.4 Å². The van der Waals surface area contributed by atoms with Gasteiger partial charge in [-0.3, -0.25) is 9.89 Å². The maximum atomic E-state index is 12.3. The Kier molecular flexibility index (Phi) is 4.65. The summed E-state index contributed by atoms with van der Waals surface area (Å²) in [5.41, 5.74) is 0.727. The molecule has 2 heterocycles. The van der Waals surface area contributed by atoms with Crippen molar-refractivity contribution in [3.63, 3.8) is 0 Å². The Morgan fingerprint density at radius 2 is 1.96 bits per heavy atom. The summed E-state index contributed by atoms with van der Waals surface area (Å²) in [6, 6.07) is 5.57. The fraction of sp³-hybridized carbons (Fsp3) is 0.188. The van der Waals surface area contributed by atoms with E-state index in [1.807, 2.05) is 0 Å². The number of hydrogen-bond donors (Lipinski definition) is 3. The third-order valence-corrected chi connectivity index (χ3v) is 3.51. The predicted octanol–water partition coefficient (Wildman–Crippen LogP) is 1.55. The van der Waals surface area contributed by atoms with Crippen molar-refractivity contribution in [1.82, 2.24) is 19.6 Å². The third-order valence-electron chi connectivity index (χ3n) is 3.51. The third kappa shape index (κ3) is 3.38. The molecule has 3 N–H and O–H groups in total. The highest BCUT2D eigenvalue weighted by Gasteiger charge is 2.14. The van der Waals surface area contributed by atoms with Crippen LogP contribution in [0.3, 0.4) is 0 Å². The molecular formula is C16H16N6O4. The molecule has 2 amide bonds.